The quantitative estimate of drug-likeness (QED) is 0.852. The highest BCUT2D eigenvalue weighted by Gasteiger charge is 2.26. The number of hydrogen-bond acceptors (Lipinski definition) is 6. The van der Waals surface area contributed by atoms with Crippen LogP contribution in [0.2, 0.25) is 0 Å². The van der Waals surface area contributed by atoms with E-state index in [9.17, 15) is 4.79 Å². The molecular formula is C15H18N4O3. The van der Waals surface area contributed by atoms with Gasteiger partial charge in [0.2, 0.25) is 5.89 Å². The Balaban J connectivity index is 1.66. The van der Waals surface area contributed by atoms with E-state index in [1.165, 1.54) is 0 Å². The van der Waals surface area contributed by atoms with Crippen LogP contribution in [0.25, 0.3) is 0 Å². The summed E-state index contributed by atoms with van der Waals surface area (Å²) in [6.07, 6.45) is 0. The summed E-state index contributed by atoms with van der Waals surface area (Å²) in [7, 11) is 1.66. The smallest absolute Gasteiger partial charge is 0.311 e. The Morgan fingerprint density at radius 2 is 1.91 bits per heavy atom. The van der Waals surface area contributed by atoms with Crippen molar-refractivity contribution in [1.29, 1.82) is 0 Å². The molecule has 1 saturated heterocycles. The monoisotopic (exact) mass is 302 g/mol. The minimum Gasteiger partial charge on any atom is -0.495 e. The molecule has 2 aromatic rings. The summed E-state index contributed by atoms with van der Waals surface area (Å²) in [6, 6.07) is 7.89. The van der Waals surface area contributed by atoms with E-state index >= 15 is 0 Å². The van der Waals surface area contributed by atoms with Gasteiger partial charge < -0.3 is 19.0 Å². The molecule has 1 fully saturated rings. The fourth-order valence-electron chi connectivity index (χ4n) is 2.56. The molecule has 0 unspecified atom stereocenters. The molecule has 0 atom stereocenters. The minimum absolute atomic E-state index is 0.0586. The Morgan fingerprint density at radius 3 is 2.55 bits per heavy atom. The number of amides is 1. The summed E-state index contributed by atoms with van der Waals surface area (Å²) in [5.41, 5.74) is 1.05. The molecule has 0 radical (unpaired) electrons. The molecule has 1 aromatic carbocycles. The number of hydrogen-bond donors (Lipinski definition) is 0. The number of piperazine rings is 1. The van der Waals surface area contributed by atoms with Gasteiger partial charge in [-0.1, -0.05) is 12.1 Å². The lowest BCUT2D eigenvalue weighted by Gasteiger charge is -2.36. The van der Waals surface area contributed by atoms with Gasteiger partial charge >= 0.3 is 11.8 Å². The molecule has 1 aliphatic rings. The van der Waals surface area contributed by atoms with Gasteiger partial charge in [-0.15, -0.1) is 10.2 Å². The Bertz CT molecular complexity index is 662. The number of aromatic nitrogens is 2. The van der Waals surface area contributed by atoms with Crippen LogP contribution < -0.4 is 9.64 Å². The molecule has 1 amide bonds. The van der Waals surface area contributed by atoms with E-state index in [1.807, 2.05) is 24.3 Å². The van der Waals surface area contributed by atoms with Gasteiger partial charge in [-0.25, -0.2) is 0 Å². The second kappa shape index (κ2) is 6.05. The predicted octanol–water partition coefficient (Wildman–Crippen LogP) is 1.35. The van der Waals surface area contributed by atoms with Gasteiger partial charge in [-0.05, 0) is 12.1 Å². The van der Waals surface area contributed by atoms with Gasteiger partial charge in [-0.3, -0.25) is 4.79 Å². The molecule has 0 spiro atoms. The molecule has 0 bridgehead atoms. The molecule has 7 nitrogen and oxygen atoms in total. The molecule has 1 aromatic heterocycles. The lowest BCUT2D eigenvalue weighted by atomic mass is 10.2. The maximum absolute atomic E-state index is 12.3. The van der Waals surface area contributed by atoms with E-state index in [4.69, 9.17) is 9.15 Å². The fraction of sp³-hybridized carbons (Fsp3) is 0.400. The molecular weight excluding hydrogens is 284 g/mol. The third-order valence-corrected chi connectivity index (χ3v) is 3.70. The molecule has 0 aliphatic carbocycles. The lowest BCUT2D eigenvalue weighted by Crippen LogP contribution is -2.49. The zero-order valence-corrected chi connectivity index (χ0v) is 12.7. The summed E-state index contributed by atoms with van der Waals surface area (Å²) in [6.45, 7) is 4.36. The lowest BCUT2D eigenvalue weighted by molar-refractivity contribution is 0.0705. The Kier molecular flexibility index (Phi) is 3.95. The summed E-state index contributed by atoms with van der Waals surface area (Å²) >= 11 is 0. The van der Waals surface area contributed by atoms with Crippen LogP contribution in [0.1, 0.15) is 16.6 Å². The van der Waals surface area contributed by atoms with E-state index in [-0.39, 0.29) is 11.8 Å². The van der Waals surface area contributed by atoms with Crippen molar-refractivity contribution in [2.75, 3.05) is 38.2 Å². The average molecular weight is 302 g/mol. The molecule has 2 heterocycles. The number of para-hydroxylation sites is 2. The van der Waals surface area contributed by atoms with Crippen molar-refractivity contribution < 1.29 is 13.9 Å². The van der Waals surface area contributed by atoms with Crippen LogP contribution in [-0.2, 0) is 0 Å². The fourth-order valence-corrected chi connectivity index (χ4v) is 2.56. The minimum atomic E-state index is -0.208. The number of carbonyl (C=O) groups excluding carboxylic acids is 1. The molecule has 0 N–H and O–H groups in total. The van der Waals surface area contributed by atoms with Crippen molar-refractivity contribution in [2.45, 2.75) is 6.92 Å². The first-order valence-electron chi connectivity index (χ1n) is 7.16. The number of nitrogens with zero attached hydrogens (tertiary/aromatic N) is 4. The first-order valence-corrected chi connectivity index (χ1v) is 7.16. The highest BCUT2D eigenvalue weighted by atomic mass is 16.5. The van der Waals surface area contributed by atoms with E-state index in [0.717, 1.165) is 24.5 Å². The van der Waals surface area contributed by atoms with Gasteiger partial charge in [0.15, 0.2) is 0 Å². The molecule has 3 rings (SSSR count). The van der Waals surface area contributed by atoms with E-state index in [2.05, 4.69) is 15.1 Å². The van der Waals surface area contributed by atoms with Crippen LogP contribution >= 0.6 is 0 Å². The zero-order chi connectivity index (χ0) is 15.5. The number of anilines is 1. The van der Waals surface area contributed by atoms with Gasteiger partial charge in [-0.2, -0.15) is 0 Å². The molecule has 1 aliphatic heterocycles. The predicted molar refractivity (Wildman–Crippen MR) is 80.1 cm³/mol. The van der Waals surface area contributed by atoms with E-state index in [0.29, 0.717) is 19.0 Å². The van der Waals surface area contributed by atoms with Crippen molar-refractivity contribution in [3.63, 3.8) is 0 Å². The first kappa shape index (κ1) is 14.4. The normalized spacial score (nSPS) is 15.0. The number of aryl methyl sites for hydroxylation is 1. The van der Waals surface area contributed by atoms with Crippen molar-refractivity contribution in [3.8, 4) is 5.75 Å². The van der Waals surface area contributed by atoms with Crippen LogP contribution in [0.3, 0.4) is 0 Å². The maximum Gasteiger partial charge on any atom is 0.311 e. The Labute approximate surface area is 128 Å². The summed E-state index contributed by atoms with van der Waals surface area (Å²) in [4.78, 5) is 16.2. The van der Waals surface area contributed by atoms with Crippen molar-refractivity contribution >= 4 is 11.6 Å². The third kappa shape index (κ3) is 2.74. The number of benzene rings is 1. The summed E-state index contributed by atoms with van der Waals surface area (Å²) in [5.74, 6) is 1.09. The Hall–Kier alpha value is -2.57. The summed E-state index contributed by atoms with van der Waals surface area (Å²) in [5, 5.41) is 7.48. The number of methoxy groups -OCH3 is 1. The zero-order valence-electron chi connectivity index (χ0n) is 12.7. The molecule has 0 saturated carbocycles. The molecule has 7 heteroatoms. The third-order valence-electron chi connectivity index (χ3n) is 3.70. The number of carbonyl (C=O) groups is 1. The molecule has 22 heavy (non-hydrogen) atoms. The van der Waals surface area contributed by atoms with Crippen molar-refractivity contribution in [3.05, 3.63) is 36.0 Å². The van der Waals surface area contributed by atoms with Gasteiger partial charge in [0, 0.05) is 33.1 Å². The SMILES string of the molecule is COc1ccccc1N1CCN(C(=O)c2nnc(C)o2)CC1. The second-order valence-corrected chi connectivity index (χ2v) is 5.08. The van der Waals surface area contributed by atoms with Crippen molar-refractivity contribution in [1.82, 2.24) is 15.1 Å². The maximum atomic E-state index is 12.3. The van der Waals surface area contributed by atoms with Crippen molar-refractivity contribution in [2.24, 2.45) is 0 Å². The van der Waals surface area contributed by atoms with Gasteiger partial charge in [0.25, 0.3) is 0 Å². The van der Waals surface area contributed by atoms with Crippen LogP contribution in [0.4, 0.5) is 5.69 Å². The van der Waals surface area contributed by atoms with Crippen LogP contribution in [-0.4, -0.2) is 54.3 Å². The van der Waals surface area contributed by atoms with Gasteiger partial charge in [0.05, 0.1) is 12.8 Å². The van der Waals surface area contributed by atoms with Crippen LogP contribution in [0.5, 0.6) is 5.75 Å². The van der Waals surface area contributed by atoms with Crippen LogP contribution in [0, 0.1) is 6.92 Å². The second-order valence-electron chi connectivity index (χ2n) is 5.08. The highest BCUT2D eigenvalue weighted by Crippen LogP contribution is 2.28. The van der Waals surface area contributed by atoms with E-state index < -0.39 is 0 Å². The number of rotatable bonds is 3. The topological polar surface area (TPSA) is 71.7 Å². The highest BCUT2D eigenvalue weighted by molar-refractivity contribution is 5.89. The molecule has 116 valence electrons. The average Bonchev–Trinajstić information content (AvgIpc) is 3.01. The van der Waals surface area contributed by atoms with Gasteiger partial charge in [0.1, 0.15) is 5.75 Å². The first-order chi connectivity index (χ1) is 10.7. The van der Waals surface area contributed by atoms with E-state index in [1.54, 1.807) is 18.9 Å². The number of ether oxygens (including phenoxy) is 1. The van der Waals surface area contributed by atoms with Crippen LogP contribution in [0.15, 0.2) is 28.7 Å². The summed E-state index contributed by atoms with van der Waals surface area (Å²) < 4.78 is 10.6. The largest absolute Gasteiger partial charge is 0.495 e. The standard InChI is InChI=1S/C15H18N4O3/c1-11-16-17-14(22-11)15(20)19-9-7-18(8-10-19)12-5-3-4-6-13(12)21-2/h3-6H,7-10H2,1-2H3. The Morgan fingerprint density at radius 1 is 1.18 bits per heavy atom.